The zero-order chi connectivity index (χ0) is 13.0. The molecule has 0 saturated heterocycles. The number of aryl methyl sites for hydroxylation is 1. The molecular weight excluding hydrogens is 222 g/mol. The average molecular weight is 247 g/mol. The van der Waals surface area contributed by atoms with Gasteiger partial charge >= 0.3 is 0 Å². The Kier molecular flexibility index (Phi) is 4.41. The van der Waals surface area contributed by atoms with E-state index in [4.69, 9.17) is 0 Å². The second kappa shape index (κ2) is 5.85. The highest BCUT2D eigenvalue weighted by atomic mass is 16.3. The molecule has 1 aromatic rings. The van der Waals surface area contributed by atoms with E-state index in [1.807, 2.05) is 0 Å². The molecule has 0 radical (unpaired) electrons. The normalized spacial score (nSPS) is 28.3. The van der Waals surface area contributed by atoms with Crippen molar-refractivity contribution >= 4 is 0 Å². The van der Waals surface area contributed by atoms with Gasteiger partial charge in [0.25, 0.3) is 0 Å². The molecule has 0 bridgehead atoms. The van der Waals surface area contributed by atoms with Crippen LogP contribution < -0.4 is 5.32 Å². The summed E-state index contributed by atoms with van der Waals surface area (Å²) in [6, 6.07) is 8.52. The first-order chi connectivity index (χ1) is 8.57. The van der Waals surface area contributed by atoms with Crippen molar-refractivity contribution < 1.29 is 5.11 Å². The van der Waals surface area contributed by atoms with E-state index in [0.717, 1.165) is 38.1 Å². The fraction of sp³-hybridized carbons (Fsp3) is 0.625. The van der Waals surface area contributed by atoms with Crippen molar-refractivity contribution in [1.82, 2.24) is 5.32 Å². The zero-order valence-electron chi connectivity index (χ0n) is 11.6. The second-order valence-corrected chi connectivity index (χ2v) is 6.00. The SMILES string of the molecule is Cc1cccc(CNCC2(O)CCC(C)CC2)c1. The van der Waals surface area contributed by atoms with E-state index >= 15 is 0 Å². The van der Waals surface area contributed by atoms with Gasteiger partial charge in [0.15, 0.2) is 0 Å². The lowest BCUT2D eigenvalue weighted by atomic mass is 9.79. The fourth-order valence-electron chi connectivity index (χ4n) is 2.74. The second-order valence-electron chi connectivity index (χ2n) is 6.00. The summed E-state index contributed by atoms with van der Waals surface area (Å²) in [6.07, 6.45) is 4.19. The van der Waals surface area contributed by atoms with Gasteiger partial charge in [-0.3, -0.25) is 0 Å². The number of rotatable bonds is 4. The quantitative estimate of drug-likeness (QED) is 0.857. The summed E-state index contributed by atoms with van der Waals surface area (Å²) in [6.45, 7) is 5.95. The molecule has 1 aliphatic carbocycles. The van der Waals surface area contributed by atoms with Crippen LogP contribution in [0.3, 0.4) is 0 Å². The molecule has 2 N–H and O–H groups in total. The van der Waals surface area contributed by atoms with E-state index in [0.29, 0.717) is 6.54 Å². The molecule has 18 heavy (non-hydrogen) atoms. The monoisotopic (exact) mass is 247 g/mol. The molecule has 0 amide bonds. The Morgan fingerprint density at radius 3 is 2.72 bits per heavy atom. The predicted octanol–water partition coefficient (Wildman–Crippen LogP) is 3.03. The molecule has 2 heteroatoms. The van der Waals surface area contributed by atoms with Gasteiger partial charge in [-0.15, -0.1) is 0 Å². The summed E-state index contributed by atoms with van der Waals surface area (Å²) in [7, 11) is 0. The van der Waals surface area contributed by atoms with E-state index in [2.05, 4.69) is 43.4 Å². The lowest BCUT2D eigenvalue weighted by Gasteiger charge is -2.35. The van der Waals surface area contributed by atoms with Crippen LogP contribution in [0.15, 0.2) is 24.3 Å². The first kappa shape index (κ1) is 13.6. The maximum atomic E-state index is 10.5. The van der Waals surface area contributed by atoms with Crippen LogP contribution in [-0.4, -0.2) is 17.3 Å². The number of benzene rings is 1. The highest BCUT2D eigenvalue weighted by Crippen LogP contribution is 2.31. The number of nitrogens with one attached hydrogen (secondary N) is 1. The van der Waals surface area contributed by atoms with Crippen LogP contribution in [0.25, 0.3) is 0 Å². The summed E-state index contributed by atoms with van der Waals surface area (Å²) in [4.78, 5) is 0. The minimum atomic E-state index is -0.476. The maximum Gasteiger partial charge on any atom is 0.0771 e. The number of aliphatic hydroxyl groups is 1. The zero-order valence-corrected chi connectivity index (χ0v) is 11.6. The van der Waals surface area contributed by atoms with E-state index in [-0.39, 0.29) is 0 Å². The summed E-state index contributed by atoms with van der Waals surface area (Å²) >= 11 is 0. The molecule has 2 rings (SSSR count). The molecule has 1 fully saturated rings. The molecule has 1 saturated carbocycles. The average Bonchev–Trinajstić information content (AvgIpc) is 2.34. The van der Waals surface area contributed by atoms with Crippen LogP contribution >= 0.6 is 0 Å². The van der Waals surface area contributed by atoms with Crippen LogP contribution in [0, 0.1) is 12.8 Å². The standard InChI is InChI=1S/C16H25NO/c1-13-6-8-16(18,9-7-13)12-17-11-15-5-3-4-14(2)10-15/h3-5,10,13,17-18H,6-9,11-12H2,1-2H3. The molecule has 0 heterocycles. The van der Waals surface area contributed by atoms with Gasteiger partial charge in [0.05, 0.1) is 5.60 Å². The third-order valence-electron chi connectivity index (χ3n) is 4.07. The Hall–Kier alpha value is -0.860. The van der Waals surface area contributed by atoms with Gasteiger partial charge in [0, 0.05) is 13.1 Å². The Labute approximate surface area is 110 Å². The van der Waals surface area contributed by atoms with Gasteiger partial charge in [-0.2, -0.15) is 0 Å². The molecule has 0 unspecified atom stereocenters. The minimum absolute atomic E-state index is 0.476. The molecular formula is C16H25NO. The smallest absolute Gasteiger partial charge is 0.0771 e. The first-order valence-electron chi connectivity index (χ1n) is 7.06. The van der Waals surface area contributed by atoms with Crippen molar-refractivity contribution in [3.05, 3.63) is 35.4 Å². The summed E-state index contributed by atoms with van der Waals surface area (Å²) in [5.41, 5.74) is 2.11. The molecule has 1 aliphatic rings. The lowest BCUT2D eigenvalue weighted by Crippen LogP contribution is -2.43. The van der Waals surface area contributed by atoms with E-state index in [9.17, 15) is 5.11 Å². The Bertz CT molecular complexity index is 380. The van der Waals surface area contributed by atoms with Gasteiger partial charge < -0.3 is 10.4 Å². The number of hydrogen-bond donors (Lipinski definition) is 2. The molecule has 0 aliphatic heterocycles. The van der Waals surface area contributed by atoms with Gasteiger partial charge in [-0.1, -0.05) is 36.8 Å². The highest BCUT2D eigenvalue weighted by Gasteiger charge is 2.31. The van der Waals surface area contributed by atoms with Crippen LogP contribution in [0.2, 0.25) is 0 Å². The minimum Gasteiger partial charge on any atom is -0.389 e. The topological polar surface area (TPSA) is 32.3 Å². The first-order valence-corrected chi connectivity index (χ1v) is 7.06. The summed E-state index contributed by atoms with van der Waals surface area (Å²) in [5, 5.41) is 13.9. The Morgan fingerprint density at radius 1 is 1.33 bits per heavy atom. The molecule has 0 atom stereocenters. The van der Waals surface area contributed by atoms with E-state index < -0.39 is 5.60 Å². The third kappa shape index (κ3) is 3.82. The predicted molar refractivity (Wildman–Crippen MR) is 75.5 cm³/mol. The van der Waals surface area contributed by atoms with Gasteiger partial charge in [0.2, 0.25) is 0 Å². The van der Waals surface area contributed by atoms with Crippen LogP contribution in [0.4, 0.5) is 0 Å². The Balaban J connectivity index is 1.78. The van der Waals surface area contributed by atoms with Gasteiger partial charge in [-0.25, -0.2) is 0 Å². The lowest BCUT2D eigenvalue weighted by molar-refractivity contribution is -0.00630. The van der Waals surface area contributed by atoms with Gasteiger partial charge in [-0.05, 0) is 44.1 Å². The largest absolute Gasteiger partial charge is 0.389 e. The van der Waals surface area contributed by atoms with Crippen LogP contribution in [-0.2, 0) is 6.54 Å². The van der Waals surface area contributed by atoms with Crippen LogP contribution in [0.1, 0.15) is 43.7 Å². The maximum absolute atomic E-state index is 10.5. The molecule has 0 aromatic heterocycles. The fourth-order valence-corrected chi connectivity index (χ4v) is 2.74. The van der Waals surface area contributed by atoms with Crippen molar-refractivity contribution in [2.24, 2.45) is 5.92 Å². The molecule has 2 nitrogen and oxygen atoms in total. The van der Waals surface area contributed by atoms with Crippen LogP contribution in [0.5, 0.6) is 0 Å². The van der Waals surface area contributed by atoms with Crippen molar-refractivity contribution in [3.8, 4) is 0 Å². The number of hydrogen-bond acceptors (Lipinski definition) is 2. The van der Waals surface area contributed by atoms with Crippen molar-refractivity contribution in [2.75, 3.05) is 6.54 Å². The van der Waals surface area contributed by atoms with Crippen molar-refractivity contribution in [1.29, 1.82) is 0 Å². The highest BCUT2D eigenvalue weighted by molar-refractivity contribution is 5.21. The Morgan fingerprint density at radius 2 is 2.06 bits per heavy atom. The molecule has 100 valence electrons. The van der Waals surface area contributed by atoms with Gasteiger partial charge in [0.1, 0.15) is 0 Å². The van der Waals surface area contributed by atoms with E-state index in [1.54, 1.807) is 0 Å². The molecule has 1 aromatic carbocycles. The summed E-state index contributed by atoms with van der Waals surface area (Å²) in [5.74, 6) is 0.780. The van der Waals surface area contributed by atoms with Crippen molar-refractivity contribution in [3.63, 3.8) is 0 Å². The van der Waals surface area contributed by atoms with E-state index in [1.165, 1.54) is 11.1 Å². The third-order valence-corrected chi connectivity index (χ3v) is 4.07. The van der Waals surface area contributed by atoms with Crippen molar-refractivity contribution in [2.45, 2.75) is 51.7 Å². The molecule has 0 spiro atoms. The summed E-state index contributed by atoms with van der Waals surface area (Å²) < 4.78 is 0.